The number of hydrogen-bond donors (Lipinski definition) is 1. The summed E-state index contributed by atoms with van der Waals surface area (Å²) in [5.74, 6) is 1.23. The zero-order valence-electron chi connectivity index (χ0n) is 11.5. The van der Waals surface area contributed by atoms with E-state index in [1.165, 1.54) is 0 Å². The zero-order chi connectivity index (χ0) is 14.8. The lowest BCUT2D eigenvalue weighted by molar-refractivity contribution is 1.19. The molecule has 0 amide bonds. The van der Waals surface area contributed by atoms with Gasteiger partial charge in [0, 0.05) is 22.2 Å². The Morgan fingerprint density at radius 2 is 2.00 bits per heavy atom. The number of para-hydroxylation sites is 1. The summed E-state index contributed by atoms with van der Waals surface area (Å²) in [6.45, 7) is 2.03. The van der Waals surface area contributed by atoms with Crippen molar-refractivity contribution in [3.05, 3.63) is 58.9 Å². The van der Waals surface area contributed by atoms with Crippen molar-refractivity contribution in [3.63, 3.8) is 0 Å². The number of thioether (sulfide) groups is 1. The van der Waals surface area contributed by atoms with Gasteiger partial charge in [0.25, 0.3) is 0 Å². The van der Waals surface area contributed by atoms with Gasteiger partial charge in [-0.3, -0.25) is 4.98 Å². The van der Waals surface area contributed by atoms with E-state index in [1.54, 1.807) is 24.0 Å². The number of nitrogens with two attached hydrogens (primary N) is 1. The molecule has 5 heteroatoms. The van der Waals surface area contributed by atoms with Gasteiger partial charge in [-0.1, -0.05) is 29.8 Å². The number of anilines is 1. The summed E-state index contributed by atoms with van der Waals surface area (Å²) in [6, 6.07) is 11.8. The minimum Gasteiger partial charge on any atom is -0.384 e. The molecular weight excluding hydrogens is 302 g/mol. The van der Waals surface area contributed by atoms with Crippen molar-refractivity contribution in [1.82, 2.24) is 9.97 Å². The van der Waals surface area contributed by atoms with E-state index in [0.29, 0.717) is 11.6 Å². The normalized spacial score (nSPS) is 11.0. The molecule has 106 valence electrons. The number of hydrogen-bond acceptors (Lipinski definition) is 4. The predicted molar refractivity (Wildman–Crippen MR) is 89.7 cm³/mol. The summed E-state index contributed by atoms with van der Waals surface area (Å²) < 4.78 is 0. The maximum Gasteiger partial charge on any atom is 0.123 e. The third-order valence-corrected chi connectivity index (χ3v) is 4.78. The largest absolute Gasteiger partial charge is 0.384 e. The Hall–Kier alpha value is -1.78. The zero-order valence-corrected chi connectivity index (χ0v) is 13.1. The average molecular weight is 316 g/mol. The number of benzene rings is 1. The van der Waals surface area contributed by atoms with Crippen LogP contribution < -0.4 is 5.73 Å². The molecule has 0 saturated carbocycles. The van der Waals surface area contributed by atoms with Gasteiger partial charge >= 0.3 is 0 Å². The standard InChI is InChI=1S/C16H14ClN3S/c1-10-12-4-2-3-5-13(12)20-14(16(10)17)9-21-11-6-7-15(18)19-8-11/h2-8H,9H2,1H3,(H2,18,19). The van der Waals surface area contributed by atoms with E-state index in [-0.39, 0.29) is 0 Å². The van der Waals surface area contributed by atoms with E-state index in [0.717, 1.165) is 32.1 Å². The Balaban J connectivity index is 1.90. The highest BCUT2D eigenvalue weighted by Gasteiger charge is 2.10. The minimum absolute atomic E-state index is 0.525. The van der Waals surface area contributed by atoms with Gasteiger partial charge in [0.1, 0.15) is 5.82 Å². The molecule has 3 nitrogen and oxygen atoms in total. The highest BCUT2D eigenvalue weighted by atomic mass is 35.5. The van der Waals surface area contributed by atoms with Crippen LogP contribution in [0.15, 0.2) is 47.5 Å². The molecule has 21 heavy (non-hydrogen) atoms. The molecular formula is C16H14ClN3S. The third-order valence-electron chi connectivity index (χ3n) is 3.28. The Bertz CT molecular complexity index is 787. The van der Waals surface area contributed by atoms with Crippen molar-refractivity contribution in [2.45, 2.75) is 17.6 Å². The fraction of sp³-hybridized carbons (Fsp3) is 0.125. The molecule has 0 saturated heterocycles. The van der Waals surface area contributed by atoms with Crippen molar-refractivity contribution in [1.29, 1.82) is 0 Å². The van der Waals surface area contributed by atoms with Gasteiger partial charge in [-0.15, -0.1) is 11.8 Å². The molecule has 0 bridgehead atoms. The molecule has 1 aromatic carbocycles. The number of aromatic nitrogens is 2. The van der Waals surface area contributed by atoms with Crippen LogP contribution in [0.1, 0.15) is 11.3 Å². The van der Waals surface area contributed by atoms with E-state index in [4.69, 9.17) is 17.3 Å². The van der Waals surface area contributed by atoms with Gasteiger partial charge in [-0.25, -0.2) is 4.98 Å². The molecule has 2 N–H and O–H groups in total. The van der Waals surface area contributed by atoms with E-state index >= 15 is 0 Å². The third kappa shape index (κ3) is 2.96. The smallest absolute Gasteiger partial charge is 0.123 e. The van der Waals surface area contributed by atoms with Crippen molar-refractivity contribution in [2.75, 3.05) is 5.73 Å². The first-order valence-electron chi connectivity index (χ1n) is 6.53. The van der Waals surface area contributed by atoms with Crippen LogP contribution >= 0.6 is 23.4 Å². The highest BCUT2D eigenvalue weighted by Crippen LogP contribution is 2.31. The highest BCUT2D eigenvalue weighted by molar-refractivity contribution is 7.98. The number of halogens is 1. The topological polar surface area (TPSA) is 51.8 Å². The van der Waals surface area contributed by atoms with Crippen LogP contribution in [0.5, 0.6) is 0 Å². The first-order valence-corrected chi connectivity index (χ1v) is 7.89. The van der Waals surface area contributed by atoms with Gasteiger partial charge in [-0.2, -0.15) is 0 Å². The number of pyridine rings is 2. The average Bonchev–Trinajstić information content (AvgIpc) is 2.51. The summed E-state index contributed by atoms with van der Waals surface area (Å²) in [5, 5.41) is 1.84. The lowest BCUT2D eigenvalue weighted by atomic mass is 10.1. The molecule has 0 fully saturated rings. The molecule has 2 heterocycles. The van der Waals surface area contributed by atoms with Gasteiger partial charge in [-0.05, 0) is 30.7 Å². The van der Waals surface area contributed by atoms with Crippen LogP contribution in [0.4, 0.5) is 5.82 Å². The monoisotopic (exact) mass is 315 g/mol. The van der Waals surface area contributed by atoms with Crippen LogP contribution in [0.2, 0.25) is 5.02 Å². The molecule has 0 aliphatic carbocycles. The molecule has 3 rings (SSSR count). The summed E-state index contributed by atoms with van der Waals surface area (Å²) >= 11 is 8.10. The second kappa shape index (κ2) is 5.92. The fourth-order valence-corrected chi connectivity index (χ4v) is 3.24. The summed E-state index contributed by atoms with van der Waals surface area (Å²) in [6.07, 6.45) is 1.77. The lowest BCUT2D eigenvalue weighted by Crippen LogP contribution is -1.94. The molecule has 0 unspecified atom stereocenters. The summed E-state index contributed by atoms with van der Waals surface area (Å²) in [7, 11) is 0. The quantitative estimate of drug-likeness (QED) is 0.725. The van der Waals surface area contributed by atoms with Crippen LogP contribution in [-0.2, 0) is 5.75 Å². The number of nitrogens with zero attached hydrogens (tertiary/aromatic N) is 2. The molecule has 0 aliphatic rings. The van der Waals surface area contributed by atoms with Gasteiger partial charge in [0.15, 0.2) is 0 Å². The summed E-state index contributed by atoms with van der Waals surface area (Å²) in [5.41, 5.74) is 8.54. The lowest BCUT2D eigenvalue weighted by Gasteiger charge is -2.09. The molecule has 0 radical (unpaired) electrons. The van der Waals surface area contributed by atoms with Crippen molar-refractivity contribution < 1.29 is 0 Å². The van der Waals surface area contributed by atoms with Crippen molar-refractivity contribution in [3.8, 4) is 0 Å². The molecule has 3 aromatic rings. The van der Waals surface area contributed by atoms with E-state index in [1.807, 2.05) is 37.3 Å². The maximum absolute atomic E-state index is 6.45. The van der Waals surface area contributed by atoms with Gasteiger partial charge < -0.3 is 5.73 Å². The number of nitrogen functional groups attached to an aromatic ring is 1. The second-order valence-electron chi connectivity index (χ2n) is 4.72. The minimum atomic E-state index is 0.525. The number of aryl methyl sites for hydroxylation is 1. The molecule has 2 aromatic heterocycles. The van der Waals surface area contributed by atoms with E-state index in [9.17, 15) is 0 Å². The van der Waals surface area contributed by atoms with Crippen molar-refractivity contribution in [2.24, 2.45) is 0 Å². The Morgan fingerprint density at radius 1 is 1.19 bits per heavy atom. The Morgan fingerprint density at radius 3 is 2.76 bits per heavy atom. The Kier molecular flexibility index (Phi) is 3.99. The van der Waals surface area contributed by atoms with Crippen LogP contribution in [0, 0.1) is 6.92 Å². The van der Waals surface area contributed by atoms with Crippen LogP contribution in [-0.4, -0.2) is 9.97 Å². The molecule has 0 spiro atoms. The first-order chi connectivity index (χ1) is 10.1. The fourth-order valence-electron chi connectivity index (χ4n) is 2.14. The number of rotatable bonds is 3. The van der Waals surface area contributed by atoms with E-state index < -0.39 is 0 Å². The molecule has 0 atom stereocenters. The molecule has 0 aliphatic heterocycles. The summed E-state index contributed by atoms with van der Waals surface area (Å²) in [4.78, 5) is 9.80. The Labute approximate surface area is 132 Å². The van der Waals surface area contributed by atoms with Gasteiger partial charge in [0.2, 0.25) is 0 Å². The van der Waals surface area contributed by atoms with Crippen molar-refractivity contribution >= 4 is 40.1 Å². The second-order valence-corrected chi connectivity index (χ2v) is 6.15. The SMILES string of the molecule is Cc1c(Cl)c(CSc2ccc(N)nc2)nc2ccccc12. The maximum atomic E-state index is 6.45. The number of fused-ring (bicyclic) bond motifs is 1. The van der Waals surface area contributed by atoms with E-state index in [2.05, 4.69) is 9.97 Å². The van der Waals surface area contributed by atoms with Crippen LogP contribution in [0.3, 0.4) is 0 Å². The van der Waals surface area contributed by atoms with Crippen LogP contribution in [0.25, 0.3) is 10.9 Å². The predicted octanol–water partition coefficient (Wildman–Crippen LogP) is 4.47. The first kappa shape index (κ1) is 14.2. The van der Waals surface area contributed by atoms with Gasteiger partial charge in [0.05, 0.1) is 16.2 Å².